The minimum absolute atomic E-state index is 0.279. The van der Waals surface area contributed by atoms with E-state index in [0.717, 1.165) is 25.8 Å². The number of allylic oxidation sites excluding steroid dienone is 1. The Morgan fingerprint density at radius 3 is 2.91 bits per heavy atom. The zero-order valence-corrected chi connectivity index (χ0v) is 13.2. The number of aryl methyl sites for hydroxylation is 1. The third-order valence-corrected chi connectivity index (χ3v) is 4.06. The number of aromatic nitrogens is 3. The van der Waals surface area contributed by atoms with Gasteiger partial charge in [0.25, 0.3) is 0 Å². The van der Waals surface area contributed by atoms with Crippen LogP contribution in [0.25, 0.3) is 6.08 Å². The highest BCUT2D eigenvalue weighted by molar-refractivity contribution is 5.83. The number of primary amides is 1. The van der Waals surface area contributed by atoms with Crippen LogP contribution >= 0.6 is 0 Å². The van der Waals surface area contributed by atoms with Crippen molar-refractivity contribution in [3.05, 3.63) is 47.8 Å². The van der Waals surface area contributed by atoms with E-state index in [1.807, 2.05) is 42.3 Å². The largest absolute Gasteiger partial charge is 0.368 e. The topological polar surface area (TPSA) is 77.0 Å². The molecule has 1 aliphatic rings. The summed E-state index contributed by atoms with van der Waals surface area (Å²) in [6.07, 6.45) is 6.51. The minimum Gasteiger partial charge on any atom is -0.368 e. The summed E-state index contributed by atoms with van der Waals surface area (Å²) in [5.74, 6) is 1.05. The lowest BCUT2D eigenvalue weighted by molar-refractivity contribution is -0.119. The first-order chi connectivity index (χ1) is 11.1. The van der Waals surface area contributed by atoms with Crippen LogP contribution in [-0.2, 0) is 18.3 Å². The zero-order chi connectivity index (χ0) is 16.2. The van der Waals surface area contributed by atoms with E-state index < -0.39 is 0 Å². The molecule has 1 atom stereocenters. The first-order valence-corrected chi connectivity index (χ1v) is 7.82. The average Bonchev–Trinajstić information content (AvgIpc) is 3.15. The average molecular weight is 311 g/mol. The lowest BCUT2D eigenvalue weighted by atomic mass is 10.1. The third kappa shape index (κ3) is 3.41. The fraction of sp³-hybridized carbons (Fsp3) is 0.353. The van der Waals surface area contributed by atoms with Gasteiger partial charge in [0.05, 0.1) is 0 Å². The van der Waals surface area contributed by atoms with Crippen LogP contribution in [0.3, 0.4) is 0 Å². The number of hydrogen-bond donors (Lipinski definition) is 1. The van der Waals surface area contributed by atoms with Crippen LogP contribution in [0, 0.1) is 0 Å². The summed E-state index contributed by atoms with van der Waals surface area (Å²) in [4.78, 5) is 18.0. The van der Waals surface area contributed by atoms with E-state index in [2.05, 4.69) is 22.2 Å². The van der Waals surface area contributed by atoms with Crippen LogP contribution in [0.4, 0.5) is 5.95 Å². The predicted molar refractivity (Wildman–Crippen MR) is 89.7 cm³/mol. The first-order valence-electron chi connectivity index (χ1n) is 7.82. The van der Waals surface area contributed by atoms with Crippen molar-refractivity contribution in [1.29, 1.82) is 0 Å². The van der Waals surface area contributed by atoms with Crippen molar-refractivity contribution in [2.75, 3.05) is 11.4 Å². The van der Waals surface area contributed by atoms with Gasteiger partial charge in [-0.05, 0) is 30.9 Å². The Labute approximate surface area is 135 Å². The molecule has 2 heterocycles. The lowest BCUT2D eigenvalue weighted by Gasteiger charge is -2.21. The maximum absolute atomic E-state index is 11.5. The molecule has 0 spiro atoms. The quantitative estimate of drug-likeness (QED) is 0.908. The van der Waals surface area contributed by atoms with Crippen LogP contribution in [0.2, 0.25) is 0 Å². The van der Waals surface area contributed by atoms with E-state index >= 15 is 0 Å². The number of nitrogens with two attached hydrogens (primary N) is 1. The molecule has 0 saturated carbocycles. The molecule has 0 aliphatic carbocycles. The van der Waals surface area contributed by atoms with Gasteiger partial charge < -0.3 is 10.6 Å². The molecule has 1 aliphatic heterocycles. The number of carbonyl (C=O) groups is 1. The van der Waals surface area contributed by atoms with E-state index in [1.165, 1.54) is 5.56 Å². The number of carbonyl (C=O) groups excluding carboxylic acids is 1. The second-order valence-corrected chi connectivity index (χ2v) is 5.74. The van der Waals surface area contributed by atoms with Crippen molar-refractivity contribution in [3.8, 4) is 0 Å². The number of benzene rings is 1. The number of hydrogen-bond acceptors (Lipinski definition) is 4. The molecule has 6 nitrogen and oxygen atoms in total. The monoisotopic (exact) mass is 311 g/mol. The van der Waals surface area contributed by atoms with Gasteiger partial charge in [-0.25, -0.2) is 4.68 Å². The highest BCUT2D eigenvalue weighted by Gasteiger charge is 2.31. The number of anilines is 1. The molecule has 1 fully saturated rings. The van der Waals surface area contributed by atoms with Gasteiger partial charge in [-0.3, -0.25) is 4.79 Å². The van der Waals surface area contributed by atoms with E-state index in [1.54, 1.807) is 4.68 Å². The van der Waals surface area contributed by atoms with Crippen molar-refractivity contribution in [2.24, 2.45) is 12.8 Å². The van der Waals surface area contributed by atoms with E-state index in [4.69, 9.17) is 5.73 Å². The first kappa shape index (κ1) is 15.3. The van der Waals surface area contributed by atoms with Gasteiger partial charge in [-0.2, -0.15) is 10.1 Å². The van der Waals surface area contributed by atoms with E-state index in [-0.39, 0.29) is 11.9 Å². The number of rotatable bonds is 5. The maximum Gasteiger partial charge on any atom is 0.240 e. The summed E-state index contributed by atoms with van der Waals surface area (Å²) in [6, 6.07) is 9.95. The van der Waals surface area contributed by atoms with Gasteiger partial charge in [-0.15, -0.1) is 0 Å². The number of nitrogens with zero attached hydrogens (tertiary/aromatic N) is 4. The van der Waals surface area contributed by atoms with E-state index in [9.17, 15) is 4.79 Å². The Hall–Kier alpha value is -2.63. The molecule has 23 heavy (non-hydrogen) atoms. The molecule has 1 amide bonds. The molecule has 0 radical (unpaired) electrons. The summed E-state index contributed by atoms with van der Waals surface area (Å²) < 4.78 is 1.71. The molecule has 6 heteroatoms. The lowest BCUT2D eigenvalue weighted by Crippen LogP contribution is -2.41. The Bertz CT molecular complexity index is 707. The van der Waals surface area contributed by atoms with Gasteiger partial charge in [0.1, 0.15) is 6.04 Å². The highest BCUT2D eigenvalue weighted by Crippen LogP contribution is 2.23. The molecule has 3 rings (SSSR count). The SMILES string of the molecule is Cn1nc(/C=C/Cc2ccccc2)nc1N1CCCC1C(N)=O. The van der Waals surface area contributed by atoms with Gasteiger partial charge in [0.2, 0.25) is 11.9 Å². The highest BCUT2D eigenvalue weighted by atomic mass is 16.1. The Balaban J connectivity index is 1.72. The Morgan fingerprint density at radius 1 is 1.39 bits per heavy atom. The predicted octanol–water partition coefficient (Wildman–Crippen LogP) is 1.53. The van der Waals surface area contributed by atoms with Crippen molar-refractivity contribution >= 4 is 17.9 Å². The molecule has 1 saturated heterocycles. The Morgan fingerprint density at radius 2 is 2.17 bits per heavy atom. The van der Waals surface area contributed by atoms with Gasteiger partial charge >= 0.3 is 0 Å². The second-order valence-electron chi connectivity index (χ2n) is 5.74. The molecule has 0 bridgehead atoms. The fourth-order valence-electron chi connectivity index (χ4n) is 2.93. The van der Waals surface area contributed by atoms with E-state index in [0.29, 0.717) is 11.8 Å². The van der Waals surface area contributed by atoms with Crippen molar-refractivity contribution in [3.63, 3.8) is 0 Å². The maximum atomic E-state index is 11.5. The molecular formula is C17H21N5O. The molecule has 120 valence electrons. The standard InChI is InChI=1S/C17H21N5O/c1-21-17(22-12-6-10-14(22)16(18)23)19-15(20-21)11-5-9-13-7-3-2-4-8-13/h2-5,7-8,11,14H,6,9-10,12H2,1H3,(H2,18,23)/b11-5+. The van der Waals surface area contributed by atoms with Crippen LogP contribution < -0.4 is 10.6 Å². The minimum atomic E-state index is -0.299. The number of amides is 1. The van der Waals surface area contributed by atoms with Crippen molar-refractivity contribution in [1.82, 2.24) is 14.8 Å². The molecule has 1 aromatic heterocycles. The Kier molecular flexibility index (Phi) is 4.41. The van der Waals surface area contributed by atoms with Crippen molar-refractivity contribution < 1.29 is 4.79 Å². The van der Waals surface area contributed by atoms with Crippen LogP contribution in [0.5, 0.6) is 0 Å². The fourth-order valence-corrected chi connectivity index (χ4v) is 2.93. The molecule has 1 unspecified atom stereocenters. The summed E-state index contributed by atoms with van der Waals surface area (Å²) in [5, 5.41) is 4.41. The summed E-state index contributed by atoms with van der Waals surface area (Å²) in [6.45, 7) is 0.785. The second kappa shape index (κ2) is 6.64. The normalized spacial score (nSPS) is 18.0. The van der Waals surface area contributed by atoms with Gasteiger partial charge in [-0.1, -0.05) is 36.4 Å². The van der Waals surface area contributed by atoms with Gasteiger partial charge in [0, 0.05) is 13.6 Å². The third-order valence-electron chi connectivity index (χ3n) is 4.06. The zero-order valence-electron chi connectivity index (χ0n) is 13.2. The molecule has 2 N–H and O–H groups in total. The molecule has 1 aromatic carbocycles. The molecule has 2 aromatic rings. The van der Waals surface area contributed by atoms with Crippen LogP contribution in [0.15, 0.2) is 36.4 Å². The van der Waals surface area contributed by atoms with Crippen molar-refractivity contribution in [2.45, 2.75) is 25.3 Å². The summed E-state index contributed by atoms with van der Waals surface area (Å²) in [5.41, 5.74) is 6.72. The smallest absolute Gasteiger partial charge is 0.240 e. The van der Waals surface area contributed by atoms with Crippen LogP contribution in [-0.4, -0.2) is 33.3 Å². The van der Waals surface area contributed by atoms with Gasteiger partial charge in [0.15, 0.2) is 5.82 Å². The summed E-state index contributed by atoms with van der Waals surface area (Å²) in [7, 11) is 1.84. The van der Waals surface area contributed by atoms with Crippen LogP contribution in [0.1, 0.15) is 24.2 Å². The molecular weight excluding hydrogens is 290 g/mol. The summed E-state index contributed by atoms with van der Waals surface area (Å²) >= 11 is 0.